The van der Waals surface area contributed by atoms with E-state index in [-0.39, 0.29) is 6.04 Å². The predicted molar refractivity (Wildman–Crippen MR) is 80.6 cm³/mol. The SMILES string of the molecule is CCCCOc1ccccc1C1CNC(NC(=O)OC)=N1. The number of carbonyl (C=O) groups is 1. The number of aliphatic imine (C=N–C) groups is 1. The van der Waals surface area contributed by atoms with Crippen LogP contribution in [0.15, 0.2) is 29.3 Å². The number of benzene rings is 1. The van der Waals surface area contributed by atoms with Crippen LogP contribution in [-0.4, -0.2) is 32.3 Å². The molecule has 1 aliphatic rings. The standard InChI is InChI=1S/C15H21N3O3/c1-3-4-9-21-13-8-6-5-7-11(13)12-10-16-14(17-12)18-15(19)20-2/h5-8,12H,3-4,9-10H2,1-2H3,(H2,16,17,18,19). The molecule has 0 bridgehead atoms. The molecule has 6 heteroatoms. The number of amides is 1. The van der Waals surface area contributed by atoms with Crippen LogP contribution in [0.5, 0.6) is 5.75 Å². The minimum absolute atomic E-state index is 0.0741. The van der Waals surface area contributed by atoms with Crippen molar-refractivity contribution in [2.45, 2.75) is 25.8 Å². The smallest absolute Gasteiger partial charge is 0.413 e. The monoisotopic (exact) mass is 291 g/mol. The fourth-order valence-corrected chi connectivity index (χ4v) is 2.06. The molecule has 0 aromatic heterocycles. The third-order valence-electron chi connectivity index (χ3n) is 3.19. The molecule has 6 nitrogen and oxygen atoms in total. The maximum atomic E-state index is 11.2. The van der Waals surface area contributed by atoms with Crippen molar-refractivity contribution in [1.29, 1.82) is 0 Å². The van der Waals surface area contributed by atoms with Crippen molar-refractivity contribution >= 4 is 12.1 Å². The van der Waals surface area contributed by atoms with Gasteiger partial charge in [-0.05, 0) is 12.5 Å². The Morgan fingerprint density at radius 1 is 1.48 bits per heavy atom. The summed E-state index contributed by atoms with van der Waals surface area (Å²) in [6.07, 6.45) is 1.59. The van der Waals surface area contributed by atoms with E-state index >= 15 is 0 Å². The molecule has 21 heavy (non-hydrogen) atoms. The highest BCUT2D eigenvalue weighted by Crippen LogP contribution is 2.29. The van der Waals surface area contributed by atoms with Gasteiger partial charge in [-0.25, -0.2) is 9.79 Å². The number of rotatable bonds is 5. The zero-order valence-electron chi connectivity index (χ0n) is 12.4. The van der Waals surface area contributed by atoms with Gasteiger partial charge in [0.05, 0.1) is 19.8 Å². The van der Waals surface area contributed by atoms with Gasteiger partial charge >= 0.3 is 6.09 Å². The lowest BCUT2D eigenvalue weighted by Gasteiger charge is -2.13. The van der Waals surface area contributed by atoms with Crippen molar-refractivity contribution in [3.05, 3.63) is 29.8 Å². The summed E-state index contributed by atoms with van der Waals surface area (Å²) in [4.78, 5) is 15.6. The third-order valence-corrected chi connectivity index (χ3v) is 3.19. The normalized spacial score (nSPS) is 16.9. The van der Waals surface area contributed by atoms with E-state index in [0.717, 1.165) is 24.2 Å². The number of unbranched alkanes of at least 4 members (excludes halogenated alkanes) is 1. The largest absolute Gasteiger partial charge is 0.493 e. The molecule has 0 fully saturated rings. The average Bonchev–Trinajstić information content (AvgIpc) is 2.96. The number of methoxy groups -OCH3 is 1. The van der Waals surface area contributed by atoms with E-state index in [9.17, 15) is 4.79 Å². The average molecular weight is 291 g/mol. The minimum atomic E-state index is -0.533. The molecule has 1 unspecified atom stereocenters. The van der Waals surface area contributed by atoms with Gasteiger partial charge < -0.3 is 14.8 Å². The van der Waals surface area contributed by atoms with Crippen molar-refractivity contribution in [2.24, 2.45) is 4.99 Å². The molecule has 1 heterocycles. The Morgan fingerprint density at radius 2 is 2.29 bits per heavy atom. The van der Waals surface area contributed by atoms with Crippen molar-refractivity contribution in [3.8, 4) is 5.75 Å². The summed E-state index contributed by atoms with van der Waals surface area (Å²) in [6.45, 7) is 3.45. The lowest BCUT2D eigenvalue weighted by Crippen LogP contribution is -2.37. The highest BCUT2D eigenvalue weighted by atomic mass is 16.5. The highest BCUT2D eigenvalue weighted by Gasteiger charge is 2.22. The van der Waals surface area contributed by atoms with Gasteiger partial charge in [-0.3, -0.25) is 5.32 Å². The first-order valence-electron chi connectivity index (χ1n) is 7.13. The van der Waals surface area contributed by atoms with E-state index in [2.05, 4.69) is 27.3 Å². The summed E-state index contributed by atoms with van der Waals surface area (Å²) in [5.41, 5.74) is 1.02. The first kappa shape index (κ1) is 15.2. The lowest BCUT2D eigenvalue weighted by molar-refractivity contribution is 0.176. The number of para-hydroxylation sites is 1. The fourth-order valence-electron chi connectivity index (χ4n) is 2.06. The molecular weight excluding hydrogens is 270 g/mol. The summed E-state index contributed by atoms with van der Waals surface area (Å²) in [6, 6.07) is 7.79. The molecule has 1 aliphatic heterocycles. The molecule has 114 valence electrons. The molecule has 1 atom stereocenters. The number of nitrogens with zero attached hydrogens (tertiary/aromatic N) is 1. The number of hydrogen-bond acceptors (Lipinski definition) is 5. The molecule has 1 amide bonds. The Balaban J connectivity index is 2.06. The Bertz CT molecular complexity index is 517. The van der Waals surface area contributed by atoms with Crippen LogP contribution in [0.3, 0.4) is 0 Å². The summed E-state index contributed by atoms with van der Waals surface area (Å²) < 4.78 is 10.4. The zero-order valence-corrected chi connectivity index (χ0v) is 12.4. The number of ether oxygens (including phenoxy) is 2. The van der Waals surface area contributed by atoms with Crippen LogP contribution in [0.1, 0.15) is 31.4 Å². The third kappa shape index (κ3) is 4.11. The maximum Gasteiger partial charge on any atom is 0.413 e. The summed E-state index contributed by atoms with van der Waals surface area (Å²) in [5, 5.41) is 5.58. The first-order chi connectivity index (χ1) is 10.2. The molecule has 1 aromatic rings. The molecule has 0 saturated heterocycles. The van der Waals surface area contributed by atoms with Crippen LogP contribution in [0.25, 0.3) is 0 Å². The quantitative estimate of drug-likeness (QED) is 0.816. The van der Waals surface area contributed by atoms with E-state index < -0.39 is 6.09 Å². The number of alkyl carbamates (subject to hydrolysis) is 1. The first-order valence-corrected chi connectivity index (χ1v) is 7.13. The minimum Gasteiger partial charge on any atom is -0.493 e. The second kappa shape index (κ2) is 7.52. The maximum absolute atomic E-state index is 11.2. The van der Waals surface area contributed by atoms with Gasteiger partial charge in [0.15, 0.2) is 0 Å². The van der Waals surface area contributed by atoms with Gasteiger partial charge in [0.1, 0.15) is 5.75 Å². The van der Waals surface area contributed by atoms with E-state index in [0.29, 0.717) is 19.1 Å². The topological polar surface area (TPSA) is 72.0 Å². The van der Waals surface area contributed by atoms with Crippen LogP contribution in [-0.2, 0) is 4.74 Å². The van der Waals surface area contributed by atoms with Crippen molar-refractivity contribution in [2.75, 3.05) is 20.3 Å². The van der Waals surface area contributed by atoms with E-state index in [1.54, 1.807) is 0 Å². The zero-order chi connectivity index (χ0) is 15.1. The second-order valence-corrected chi connectivity index (χ2v) is 4.73. The molecule has 0 spiro atoms. The van der Waals surface area contributed by atoms with Gasteiger partial charge in [0, 0.05) is 12.1 Å². The van der Waals surface area contributed by atoms with Crippen LogP contribution >= 0.6 is 0 Å². The van der Waals surface area contributed by atoms with Crippen LogP contribution in [0, 0.1) is 0 Å². The van der Waals surface area contributed by atoms with Gasteiger partial charge in [0.25, 0.3) is 0 Å². The molecular formula is C15H21N3O3. The number of carbonyl (C=O) groups excluding carboxylic acids is 1. The Labute approximate surface area is 124 Å². The Morgan fingerprint density at radius 3 is 3.05 bits per heavy atom. The summed E-state index contributed by atoms with van der Waals surface area (Å²) in [5.74, 6) is 1.27. The Hall–Kier alpha value is -2.24. The fraction of sp³-hybridized carbons (Fsp3) is 0.467. The second-order valence-electron chi connectivity index (χ2n) is 4.73. The predicted octanol–water partition coefficient (Wildman–Crippen LogP) is 2.22. The van der Waals surface area contributed by atoms with E-state index in [1.165, 1.54) is 7.11 Å². The molecule has 2 rings (SSSR count). The van der Waals surface area contributed by atoms with E-state index in [4.69, 9.17) is 4.74 Å². The van der Waals surface area contributed by atoms with E-state index in [1.807, 2.05) is 24.3 Å². The highest BCUT2D eigenvalue weighted by molar-refractivity contribution is 5.94. The van der Waals surface area contributed by atoms with Gasteiger partial charge in [-0.1, -0.05) is 31.5 Å². The van der Waals surface area contributed by atoms with Crippen LogP contribution in [0.4, 0.5) is 4.79 Å². The number of hydrogen-bond donors (Lipinski definition) is 2. The number of nitrogens with one attached hydrogen (secondary N) is 2. The number of guanidine groups is 1. The van der Waals surface area contributed by atoms with Crippen molar-refractivity contribution < 1.29 is 14.3 Å². The van der Waals surface area contributed by atoms with Gasteiger partial charge in [-0.2, -0.15) is 0 Å². The van der Waals surface area contributed by atoms with Gasteiger partial charge in [-0.15, -0.1) is 0 Å². The van der Waals surface area contributed by atoms with Gasteiger partial charge in [0.2, 0.25) is 5.96 Å². The molecule has 0 radical (unpaired) electrons. The summed E-state index contributed by atoms with van der Waals surface area (Å²) in [7, 11) is 1.32. The molecule has 0 saturated carbocycles. The lowest BCUT2D eigenvalue weighted by atomic mass is 10.1. The van der Waals surface area contributed by atoms with Crippen LogP contribution in [0.2, 0.25) is 0 Å². The molecule has 2 N–H and O–H groups in total. The molecule has 0 aliphatic carbocycles. The van der Waals surface area contributed by atoms with Crippen LogP contribution < -0.4 is 15.4 Å². The summed E-state index contributed by atoms with van der Waals surface area (Å²) >= 11 is 0. The molecule has 1 aromatic carbocycles. The Kier molecular flexibility index (Phi) is 5.43. The van der Waals surface area contributed by atoms with Crippen molar-refractivity contribution in [1.82, 2.24) is 10.6 Å². The van der Waals surface area contributed by atoms with Crippen molar-refractivity contribution in [3.63, 3.8) is 0 Å².